The van der Waals surface area contributed by atoms with Gasteiger partial charge in [0.05, 0.1) is 6.61 Å². The Balaban J connectivity index is 3.14. The molecule has 4 nitrogen and oxygen atoms in total. The van der Waals surface area contributed by atoms with Crippen molar-refractivity contribution in [3.63, 3.8) is 0 Å². The summed E-state index contributed by atoms with van der Waals surface area (Å²) in [6.07, 6.45) is 12.2. The van der Waals surface area contributed by atoms with E-state index < -0.39 is 0 Å². The van der Waals surface area contributed by atoms with E-state index in [4.69, 9.17) is 9.84 Å². The van der Waals surface area contributed by atoms with Crippen molar-refractivity contribution in [1.82, 2.24) is 0 Å². The molecule has 20 heavy (non-hydrogen) atoms. The van der Waals surface area contributed by atoms with Gasteiger partial charge < -0.3 is 14.6 Å². The summed E-state index contributed by atoms with van der Waals surface area (Å²) >= 11 is 0. The number of carbonyl (C=O) groups is 2. The molecule has 118 valence electrons. The number of aldehydes is 1. The molecule has 0 aliphatic rings. The fourth-order valence-corrected chi connectivity index (χ4v) is 2.03. The zero-order chi connectivity index (χ0) is 14.9. The maximum absolute atomic E-state index is 11.4. The molecule has 0 aliphatic heterocycles. The lowest BCUT2D eigenvalue weighted by Crippen LogP contribution is -2.05. The van der Waals surface area contributed by atoms with Crippen LogP contribution in [0.2, 0.25) is 0 Å². The van der Waals surface area contributed by atoms with Gasteiger partial charge in [0.2, 0.25) is 0 Å². The monoisotopic (exact) mass is 286 g/mol. The standard InChI is InChI=1S/C16H30O4/c17-13-9-5-3-1-2-4-8-12-16(19)20-15-11-7-6-10-14-18/h13,18H,1-12,14-15H2. The van der Waals surface area contributed by atoms with Gasteiger partial charge in [-0.15, -0.1) is 0 Å². The van der Waals surface area contributed by atoms with Gasteiger partial charge in [-0.1, -0.05) is 32.1 Å². The molecule has 1 N–H and O–H groups in total. The Kier molecular flexibility index (Phi) is 15.4. The number of aliphatic hydroxyl groups excluding tert-OH is 1. The number of carbonyl (C=O) groups excluding carboxylic acids is 2. The minimum Gasteiger partial charge on any atom is -0.466 e. The Labute approximate surface area is 122 Å². The molecule has 0 atom stereocenters. The largest absolute Gasteiger partial charge is 0.466 e. The van der Waals surface area contributed by atoms with E-state index in [1.54, 1.807) is 0 Å². The topological polar surface area (TPSA) is 63.6 Å². The summed E-state index contributed by atoms with van der Waals surface area (Å²) in [5.74, 6) is -0.0897. The SMILES string of the molecule is O=CCCCCCCCCC(=O)OCCCCCCO. The predicted octanol–water partition coefficient (Wildman–Crippen LogP) is 3.40. The van der Waals surface area contributed by atoms with Crippen LogP contribution in [0.5, 0.6) is 0 Å². The van der Waals surface area contributed by atoms with Crippen LogP contribution in [-0.4, -0.2) is 30.6 Å². The van der Waals surface area contributed by atoms with Crippen LogP contribution in [0.3, 0.4) is 0 Å². The molecule has 0 aromatic rings. The zero-order valence-electron chi connectivity index (χ0n) is 12.6. The van der Waals surface area contributed by atoms with E-state index in [1.165, 1.54) is 0 Å². The van der Waals surface area contributed by atoms with Gasteiger partial charge in [0.25, 0.3) is 0 Å². The Morgan fingerprint density at radius 3 is 2.15 bits per heavy atom. The molecule has 0 fully saturated rings. The first-order valence-electron chi connectivity index (χ1n) is 8.01. The van der Waals surface area contributed by atoms with Gasteiger partial charge in [-0.2, -0.15) is 0 Å². The van der Waals surface area contributed by atoms with Crippen molar-refractivity contribution >= 4 is 12.3 Å². The lowest BCUT2D eigenvalue weighted by molar-refractivity contribution is -0.143. The van der Waals surface area contributed by atoms with Crippen molar-refractivity contribution in [3.05, 3.63) is 0 Å². The van der Waals surface area contributed by atoms with Crippen molar-refractivity contribution in [3.8, 4) is 0 Å². The first kappa shape index (κ1) is 19.1. The van der Waals surface area contributed by atoms with E-state index in [0.717, 1.165) is 70.5 Å². The first-order chi connectivity index (χ1) is 9.81. The second-order valence-corrected chi connectivity index (χ2v) is 5.18. The van der Waals surface area contributed by atoms with Crippen LogP contribution in [0.4, 0.5) is 0 Å². The summed E-state index contributed by atoms with van der Waals surface area (Å²) in [6.45, 7) is 0.755. The zero-order valence-corrected chi connectivity index (χ0v) is 12.6. The van der Waals surface area contributed by atoms with Gasteiger partial charge in [-0.25, -0.2) is 0 Å². The normalized spacial score (nSPS) is 10.4. The summed E-state index contributed by atoms with van der Waals surface area (Å²) < 4.78 is 5.14. The van der Waals surface area contributed by atoms with Crippen LogP contribution in [-0.2, 0) is 14.3 Å². The van der Waals surface area contributed by atoms with Crippen molar-refractivity contribution in [1.29, 1.82) is 0 Å². The summed E-state index contributed by atoms with van der Waals surface area (Å²) in [5.41, 5.74) is 0. The molecule has 0 saturated heterocycles. The van der Waals surface area contributed by atoms with Crippen molar-refractivity contribution < 1.29 is 19.4 Å². The van der Waals surface area contributed by atoms with Crippen LogP contribution in [0.1, 0.15) is 77.0 Å². The van der Waals surface area contributed by atoms with Crippen LogP contribution in [0.25, 0.3) is 0 Å². The highest BCUT2D eigenvalue weighted by Gasteiger charge is 2.02. The third-order valence-corrected chi connectivity index (χ3v) is 3.27. The van der Waals surface area contributed by atoms with E-state index >= 15 is 0 Å². The summed E-state index contributed by atoms with van der Waals surface area (Å²) in [6, 6.07) is 0. The fraction of sp³-hybridized carbons (Fsp3) is 0.875. The van der Waals surface area contributed by atoms with Gasteiger partial charge in [0.15, 0.2) is 0 Å². The molecule has 4 heteroatoms. The highest BCUT2D eigenvalue weighted by atomic mass is 16.5. The highest BCUT2D eigenvalue weighted by Crippen LogP contribution is 2.09. The van der Waals surface area contributed by atoms with Crippen LogP contribution < -0.4 is 0 Å². The summed E-state index contributed by atoms with van der Waals surface area (Å²) in [4.78, 5) is 21.5. The third-order valence-electron chi connectivity index (χ3n) is 3.27. The number of aliphatic hydroxyl groups is 1. The molecule has 0 spiro atoms. The van der Waals surface area contributed by atoms with E-state index in [9.17, 15) is 9.59 Å². The Morgan fingerprint density at radius 2 is 1.45 bits per heavy atom. The number of hydrogen-bond acceptors (Lipinski definition) is 4. The minimum atomic E-state index is -0.0897. The van der Waals surface area contributed by atoms with E-state index in [2.05, 4.69) is 0 Å². The molecule has 0 aliphatic carbocycles. The Bertz CT molecular complexity index is 229. The van der Waals surface area contributed by atoms with E-state index in [1.807, 2.05) is 0 Å². The molecule has 0 heterocycles. The summed E-state index contributed by atoms with van der Waals surface area (Å²) in [7, 11) is 0. The van der Waals surface area contributed by atoms with Crippen molar-refractivity contribution in [2.24, 2.45) is 0 Å². The number of hydrogen-bond donors (Lipinski definition) is 1. The molecule has 0 aromatic carbocycles. The molecule has 0 rings (SSSR count). The molecular weight excluding hydrogens is 256 g/mol. The van der Waals surface area contributed by atoms with Gasteiger partial charge in [-0.3, -0.25) is 4.79 Å². The Hall–Kier alpha value is -0.900. The molecule has 0 bridgehead atoms. The van der Waals surface area contributed by atoms with E-state index in [-0.39, 0.29) is 12.6 Å². The van der Waals surface area contributed by atoms with Crippen molar-refractivity contribution in [2.45, 2.75) is 77.0 Å². The number of esters is 1. The quantitative estimate of drug-likeness (QED) is 0.285. The van der Waals surface area contributed by atoms with Crippen molar-refractivity contribution in [2.75, 3.05) is 13.2 Å². The van der Waals surface area contributed by atoms with Gasteiger partial charge in [0, 0.05) is 19.4 Å². The van der Waals surface area contributed by atoms with Gasteiger partial charge in [-0.05, 0) is 32.1 Å². The van der Waals surface area contributed by atoms with Gasteiger partial charge in [0.1, 0.15) is 6.29 Å². The second-order valence-electron chi connectivity index (χ2n) is 5.18. The number of rotatable bonds is 15. The first-order valence-corrected chi connectivity index (χ1v) is 8.01. The molecular formula is C16H30O4. The molecule has 0 unspecified atom stereocenters. The summed E-state index contributed by atoms with van der Waals surface area (Å²) in [5, 5.41) is 8.61. The molecule has 0 amide bonds. The van der Waals surface area contributed by atoms with Crippen LogP contribution in [0.15, 0.2) is 0 Å². The van der Waals surface area contributed by atoms with Crippen LogP contribution in [0, 0.1) is 0 Å². The van der Waals surface area contributed by atoms with Crippen LogP contribution >= 0.6 is 0 Å². The number of ether oxygens (including phenoxy) is 1. The second kappa shape index (κ2) is 16.2. The smallest absolute Gasteiger partial charge is 0.305 e. The lowest BCUT2D eigenvalue weighted by atomic mass is 10.1. The van der Waals surface area contributed by atoms with Gasteiger partial charge >= 0.3 is 5.97 Å². The Morgan fingerprint density at radius 1 is 0.850 bits per heavy atom. The molecule has 0 saturated carbocycles. The maximum Gasteiger partial charge on any atom is 0.305 e. The minimum absolute atomic E-state index is 0.0897. The average molecular weight is 286 g/mol. The molecule has 0 aromatic heterocycles. The van der Waals surface area contributed by atoms with E-state index in [0.29, 0.717) is 19.4 Å². The average Bonchev–Trinajstić information content (AvgIpc) is 2.45. The maximum atomic E-state index is 11.4. The third kappa shape index (κ3) is 15.2. The molecule has 0 radical (unpaired) electrons. The highest BCUT2D eigenvalue weighted by molar-refractivity contribution is 5.69. The fourth-order valence-electron chi connectivity index (χ4n) is 2.03. The number of unbranched alkanes of at least 4 members (excludes halogenated alkanes) is 9. The predicted molar refractivity (Wildman–Crippen MR) is 79.5 cm³/mol. The lowest BCUT2D eigenvalue weighted by Gasteiger charge is -2.04.